The smallest absolute Gasteiger partial charge is 0.251 e. The van der Waals surface area contributed by atoms with Crippen molar-refractivity contribution in [1.29, 1.82) is 0 Å². The fourth-order valence-corrected chi connectivity index (χ4v) is 4.56. The third kappa shape index (κ3) is 3.78. The molecule has 3 heterocycles. The highest BCUT2D eigenvalue weighted by molar-refractivity contribution is 7.99. The summed E-state index contributed by atoms with van der Waals surface area (Å²) in [4.78, 5) is 27.7. The highest BCUT2D eigenvalue weighted by atomic mass is 32.2. The number of carbonyl (C=O) groups excluding carboxylic acids is 2. The molecule has 2 aliphatic heterocycles. The first-order valence-corrected chi connectivity index (χ1v) is 9.70. The van der Waals surface area contributed by atoms with Crippen molar-refractivity contribution in [2.75, 3.05) is 5.32 Å². The minimum Gasteiger partial charge on any atom is -0.348 e. The van der Waals surface area contributed by atoms with Gasteiger partial charge in [-0.15, -0.1) is 0 Å². The monoisotopic (exact) mass is 370 g/mol. The fourth-order valence-electron chi connectivity index (χ4n) is 3.73. The lowest BCUT2D eigenvalue weighted by atomic mass is 9.95. The van der Waals surface area contributed by atoms with Crippen LogP contribution in [0.25, 0.3) is 0 Å². The lowest BCUT2D eigenvalue weighted by Crippen LogP contribution is -2.42. The Labute approximate surface area is 156 Å². The Bertz CT molecular complexity index is 817. The van der Waals surface area contributed by atoms with Crippen LogP contribution >= 0.6 is 11.8 Å². The van der Waals surface area contributed by atoms with Gasteiger partial charge in [-0.25, -0.2) is 0 Å². The second-order valence-electron chi connectivity index (χ2n) is 6.91. The molecule has 2 bridgehead atoms. The topological polar surface area (TPSA) is 86.0 Å². The molecule has 0 saturated carbocycles. The molecule has 1 aromatic heterocycles. The van der Waals surface area contributed by atoms with Crippen molar-refractivity contribution >= 4 is 29.4 Å². The number of amides is 2. The van der Waals surface area contributed by atoms with Gasteiger partial charge in [-0.1, -0.05) is 11.8 Å². The van der Waals surface area contributed by atoms with Gasteiger partial charge in [0.1, 0.15) is 5.82 Å². The third-order valence-electron chi connectivity index (χ3n) is 4.93. The molecule has 3 unspecified atom stereocenters. The van der Waals surface area contributed by atoms with Crippen LogP contribution in [-0.2, 0) is 4.79 Å². The zero-order valence-electron chi connectivity index (χ0n) is 14.5. The summed E-state index contributed by atoms with van der Waals surface area (Å²) in [6, 6.07) is 12.6. The molecule has 2 aliphatic rings. The van der Waals surface area contributed by atoms with Crippen molar-refractivity contribution in [2.45, 2.75) is 54.2 Å². The molecule has 0 aliphatic carbocycles. The summed E-state index contributed by atoms with van der Waals surface area (Å²) < 4.78 is 0. The van der Waals surface area contributed by atoms with Crippen LogP contribution in [0.5, 0.6) is 0 Å². The number of hydrogen-bond acceptors (Lipinski definition) is 4. The van der Waals surface area contributed by atoms with E-state index in [0.29, 0.717) is 23.5 Å². The van der Waals surface area contributed by atoms with Crippen molar-refractivity contribution in [1.82, 2.24) is 15.6 Å². The number of hydrogen-bond donors (Lipinski definition) is 4. The van der Waals surface area contributed by atoms with Crippen molar-refractivity contribution in [3.8, 4) is 0 Å². The first-order valence-electron chi connectivity index (χ1n) is 8.88. The average Bonchev–Trinajstić information content (AvgIpc) is 3.32. The van der Waals surface area contributed by atoms with Gasteiger partial charge in [-0.3, -0.25) is 9.59 Å². The van der Waals surface area contributed by atoms with E-state index in [9.17, 15) is 9.59 Å². The number of benzene rings is 1. The minimum atomic E-state index is -0.107. The molecule has 26 heavy (non-hydrogen) atoms. The van der Waals surface area contributed by atoms with Crippen LogP contribution in [0.3, 0.4) is 0 Å². The van der Waals surface area contributed by atoms with Gasteiger partial charge in [0.05, 0.1) is 5.03 Å². The predicted octanol–water partition coefficient (Wildman–Crippen LogP) is 2.75. The maximum Gasteiger partial charge on any atom is 0.251 e. The Hall–Kier alpha value is -2.25. The molecule has 3 atom stereocenters. The molecule has 136 valence electrons. The SMILES string of the molecule is CC(=O)Nc1ccc(Sc2ccc(C(=O)NC3CC4CCC3N4)cc2)[nH]1. The van der Waals surface area contributed by atoms with Crippen LogP contribution in [0.15, 0.2) is 46.3 Å². The first-order chi connectivity index (χ1) is 12.6. The molecule has 2 aromatic rings. The maximum atomic E-state index is 12.5. The number of H-pyrrole nitrogens is 1. The summed E-state index contributed by atoms with van der Waals surface area (Å²) in [6.45, 7) is 1.48. The number of aromatic nitrogens is 1. The maximum absolute atomic E-state index is 12.5. The van der Waals surface area contributed by atoms with Gasteiger partial charge in [0, 0.05) is 35.5 Å². The van der Waals surface area contributed by atoms with Crippen molar-refractivity contribution < 1.29 is 9.59 Å². The van der Waals surface area contributed by atoms with E-state index in [2.05, 4.69) is 20.9 Å². The Kier molecular flexibility index (Phi) is 4.74. The van der Waals surface area contributed by atoms with E-state index in [1.54, 1.807) is 11.8 Å². The van der Waals surface area contributed by atoms with Gasteiger partial charge in [0.15, 0.2) is 0 Å². The lowest BCUT2D eigenvalue weighted by Gasteiger charge is -2.21. The van der Waals surface area contributed by atoms with E-state index in [0.717, 1.165) is 22.8 Å². The van der Waals surface area contributed by atoms with Gasteiger partial charge in [0.25, 0.3) is 5.91 Å². The summed E-state index contributed by atoms with van der Waals surface area (Å²) >= 11 is 1.55. The average molecular weight is 370 g/mol. The molecule has 6 nitrogen and oxygen atoms in total. The molecule has 0 spiro atoms. The molecular formula is C19H22N4O2S. The Morgan fingerprint density at radius 3 is 2.58 bits per heavy atom. The van der Waals surface area contributed by atoms with E-state index in [1.807, 2.05) is 36.4 Å². The summed E-state index contributed by atoms with van der Waals surface area (Å²) in [5, 5.41) is 10.3. The lowest BCUT2D eigenvalue weighted by molar-refractivity contribution is -0.114. The highest BCUT2D eigenvalue weighted by Gasteiger charge is 2.39. The number of rotatable bonds is 5. The number of carbonyl (C=O) groups is 2. The second kappa shape index (κ2) is 7.17. The molecule has 4 N–H and O–H groups in total. The molecular weight excluding hydrogens is 348 g/mol. The highest BCUT2D eigenvalue weighted by Crippen LogP contribution is 2.29. The van der Waals surface area contributed by atoms with E-state index < -0.39 is 0 Å². The molecule has 2 fully saturated rings. The van der Waals surface area contributed by atoms with Crippen LogP contribution in [0.2, 0.25) is 0 Å². The molecule has 7 heteroatoms. The van der Waals surface area contributed by atoms with Crippen molar-refractivity contribution in [3.63, 3.8) is 0 Å². The summed E-state index contributed by atoms with van der Waals surface area (Å²) in [7, 11) is 0. The second-order valence-corrected chi connectivity index (χ2v) is 8.02. The zero-order chi connectivity index (χ0) is 18.1. The summed E-state index contributed by atoms with van der Waals surface area (Å²) in [6.07, 6.45) is 3.42. The van der Waals surface area contributed by atoms with Gasteiger partial charge < -0.3 is 20.9 Å². The molecule has 2 amide bonds. The van der Waals surface area contributed by atoms with Crippen LogP contribution in [0.4, 0.5) is 5.82 Å². The van der Waals surface area contributed by atoms with E-state index in [4.69, 9.17) is 0 Å². The van der Waals surface area contributed by atoms with E-state index >= 15 is 0 Å². The Balaban J connectivity index is 1.35. The van der Waals surface area contributed by atoms with Crippen LogP contribution in [-0.4, -0.2) is 34.9 Å². The molecule has 4 rings (SSSR count). The van der Waals surface area contributed by atoms with Gasteiger partial charge in [-0.05, 0) is 55.7 Å². The number of nitrogens with one attached hydrogen (secondary N) is 4. The Morgan fingerprint density at radius 1 is 1.12 bits per heavy atom. The quantitative estimate of drug-likeness (QED) is 0.652. The number of anilines is 1. The van der Waals surface area contributed by atoms with Crippen molar-refractivity contribution in [3.05, 3.63) is 42.0 Å². The third-order valence-corrected chi connectivity index (χ3v) is 5.90. The summed E-state index contributed by atoms with van der Waals surface area (Å²) in [5.74, 6) is 0.564. The van der Waals surface area contributed by atoms with Crippen LogP contribution in [0.1, 0.15) is 36.5 Å². The molecule has 0 radical (unpaired) electrons. The van der Waals surface area contributed by atoms with Crippen LogP contribution in [0, 0.1) is 0 Å². The fraction of sp³-hybridized carbons (Fsp3) is 0.368. The standard InChI is InChI=1S/C19H22N4O2S/c1-11(24)20-17-8-9-18(23-17)26-14-5-2-12(3-6-14)19(25)22-16-10-13-4-7-15(16)21-13/h2-3,5-6,8-9,13,15-16,21,23H,4,7,10H2,1H3,(H,20,24)(H,22,25). The largest absolute Gasteiger partial charge is 0.348 e. The van der Waals surface area contributed by atoms with Gasteiger partial charge >= 0.3 is 0 Å². The van der Waals surface area contributed by atoms with Crippen LogP contribution < -0.4 is 16.0 Å². The summed E-state index contributed by atoms with van der Waals surface area (Å²) in [5.41, 5.74) is 0.683. The number of fused-ring (bicyclic) bond motifs is 2. The van der Waals surface area contributed by atoms with Gasteiger partial charge in [-0.2, -0.15) is 0 Å². The molecule has 2 saturated heterocycles. The van der Waals surface area contributed by atoms with Gasteiger partial charge in [0.2, 0.25) is 5.91 Å². The number of aromatic amines is 1. The zero-order valence-corrected chi connectivity index (χ0v) is 15.4. The first kappa shape index (κ1) is 17.2. The molecule has 1 aromatic carbocycles. The van der Waals surface area contributed by atoms with E-state index in [-0.39, 0.29) is 17.9 Å². The predicted molar refractivity (Wildman–Crippen MR) is 101 cm³/mol. The Morgan fingerprint density at radius 2 is 1.92 bits per heavy atom. The normalized spacial score (nSPS) is 23.8. The minimum absolute atomic E-state index is 0.00582. The van der Waals surface area contributed by atoms with E-state index in [1.165, 1.54) is 13.3 Å². The van der Waals surface area contributed by atoms with Crippen molar-refractivity contribution in [2.24, 2.45) is 0 Å².